The summed E-state index contributed by atoms with van der Waals surface area (Å²) in [5.74, 6) is 1.53. The van der Waals surface area contributed by atoms with Gasteiger partial charge in [0.05, 0.1) is 6.20 Å². The van der Waals surface area contributed by atoms with Crippen LogP contribution in [0.5, 0.6) is 0 Å². The van der Waals surface area contributed by atoms with Crippen LogP contribution in [0.4, 0.5) is 0 Å². The first kappa shape index (κ1) is 20.7. The summed E-state index contributed by atoms with van der Waals surface area (Å²) >= 11 is 0. The monoisotopic (exact) mass is 492 g/mol. The van der Waals surface area contributed by atoms with Crippen molar-refractivity contribution in [1.29, 1.82) is 0 Å². The third kappa shape index (κ3) is 4.19. The van der Waals surface area contributed by atoms with Gasteiger partial charge in [0.1, 0.15) is 0 Å². The van der Waals surface area contributed by atoms with Gasteiger partial charge in [-0.25, -0.2) is 0 Å². The Morgan fingerprint density at radius 2 is 2.25 bits per heavy atom. The molecule has 1 saturated heterocycles. The Kier molecular flexibility index (Phi) is 6.64. The van der Waals surface area contributed by atoms with Crippen LogP contribution in [0.25, 0.3) is 10.9 Å². The van der Waals surface area contributed by atoms with E-state index in [1.165, 1.54) is 27.6 Å². The van der Waals surface area contributed by atoms with Gasteiger partial charge in [0.2, 0.25) is 0 Å². The maximum atomic E-state index is 4.50. The molecule has 2 aromatic heterocycles. The summed E-state index contributed by atoms with van der Waals surface area (Å²) in [5, 5.41) is 9.22. The highest BCUT2D eigenvalue weighted by atomic mass is 127. The summed E-state index contributed by atoms with van der Waals surface area (Å²) < 4.78 is 1.88. The molecule has 2 N–H and O–H groups in total. The van der Waals surface area contributed by atoms with Gasteiger partial charge in [-0.1, -0.05) is 12.1 Å². The average molecular weight is 492 g/mol. The molecule has 1 fully saturated rings. The molecular formula is C21H29IN6. The number of rotatable bonds is 4. The van der Waals surface area contributed by atoms with Gasteiger partial charge >= 0.3 is 0 Å². The van der Waals surface area contributed by atoms with Crippen molar-refractivity contribution in [2.75, 3.05) is 26.7 Å². The van der Waals surface area contributed by atoms with Crippen LogP contribution in [0.3, 0.4) is 0 Å². The van der Waals surface area contributed by atoms with Gasteiger partial charge < -0.3 is 15.2 Å². The fourth-order valence-corrected chi connectivity index (χ4v) is 4.17. The van der Waals surface area contributed by atoms with Gasteiger partial charge in [-0.05, 0) is 42.5 Å². The molecule has 0 amide bonds. The summed E-state index contributed by atoms with van der Waals surface area (Å²) in [6.07, 6.45) is 8.38. The van der Waals surface area contributed by atoms with Gasteiger partial charge in [-0.3, -0.25) is 9.67 Å². The van der Waals surface area contributed by atoms with E-state index < -0.39 is 0 Å². The number of likely N-dealkylation sites (tertiary alicyclic amines) is 1. The summed E-state index contributed by atoms with van der Waals surface area (Å²) in [7, 11) is 3.85. The molecule has 0 aliphatic carbocycles. The van der Waals surface area contributed by atoms with E-state index in [1.54, 1.807) is 0 Å². The summed E-state index contributed by atoms with van der Waals surface area (Å²) in [4.78, 5) is 10.3. The van der Waals surface area contributed by atoms with E-state index in [-0.39, 0.29) is 24.0 Å². The second-order valence-corrected chi connectivity index (χ2v) is 7.41. The largest absolute Gasteiger partial charge is 0.361 e. The minimum atomic E-state index is 0. The lowest BCUT2D eigenvalue weighted by molar-refractivity contribution is 0.486. The normalized spacial score (nSPS) is 17.2. The molecule has 150 valence electrons. The fourth-order valence-electron chi connectivity index (χ4n) is 4.17. The zero-order valence-electron chi connectivity index (χ0n) is 16.8. The Morgan fingerprint density at radius 1 is 1.39 bits per heavy atom. The van der Waals surface area contributed by atoms with E-state index in [4.69, 9.17) is 0 Å². The van der Waals surface area contributed by atoms with E-state index in [0.29, 0.717) is 5.92 Å². The lowest BCUT2D eigenvalue weighted by atomic mass is 10.0. The van der Waals surface area contributed by atoms with Crippen LogP contribution in [0.2, 0.25) is 0 Å². The van der Waals surface area contributed by atoms with Gasteiger partial charge in [0.25, 0.3) is 0 Å². The van der Waals surface area contributed by atoms with Crippen molar-refractivity contribution in [2.24, 2.45) is 12.0 Å². The van der Waals surface area contributed by atoms with E-state index in [2.05, 4.69) is 62.8 Å². The van der Waals surface area contributed by atoms with Crippen molar-refractivity contribution < 1.29 is 0 Å². The second kappa shape index (κ2) is 8.98. The number of aliphatic imine (C=N–C) groups is 1. The number of fused-ring (bicyclic) bond motifs is 1. The number of aryl methyl sites for hydroxylation is 2. The third-order valence-electron chi connectivity index (χ3n) is 5.57. The van der Waals surface area contributed by atoms with Crippen LogP contribution >= 0.6 is 24.0 Å². The molecule has 1 aromatic carbocycles. The quantitative estimate of drug-likeness (QED) is 0.333. The Morgan fingerprint density at radius 3 is 3.00 bits per heavy atom. The molecule has 4 rings (SSSR count). The smallest absolute Gasteiger partial charge is 0.193 e. The number of aromatic nitrogens is 3. The maximum Gasteiger partial charge on any atom is 0.193 e. The van der Waals surface area contributed by atoms with Crippen molar-refractivity contribution in [2.45, 2.75) is 25.7 Å². The Bertz CT molecular complexity index is 957. The molecule has 1 aliphatic heterocycles. The molecular weight excluding hydrogens is 463 g/mol. The Labute approximate surface area is 183 Å². The number of guanidine groups is 1. The molecule has 6 nitrogen and oxygen atoms in total. The molecule has 0 bridgehead atoms. The highest BCUT2D eigenvalue weighted by Crippen LogP contribution is 2.26. The number of hydrogen-bond donors (Lipinski definition) is 2. The summed E-state index contributed by atoms with van der Waals surface area (Å²) in [5.41, 5.74) is 5.23. The number of aromatic amines is 1. The molecule has 3 aromatic rings. The van der Waals surface area contributed by atoms with Gasteiger partial charge in [-0.15, -0.1) is 24.0 Å². The number of nitrogens with one attached hydrogen (secondary N) is 2. The zero-order valence-corrected chi connectivity index (χ0v) is 19.1. The van der Waals surface area contributed by atoms with E-state index in [9.17, 15) is 0 Å². The Balaban J connectivity index is 0.00000225. The van der Waals surface area contributed by atoms with Crippen LogP contribution in [0.15, 0.2) is 41.8 Å². The molecule has 7 heteroatoms. The minimum absolute atomic E-state index is 0. The van der Waals surface area contributed by atoms with Crippen molar-refractivity contribution in [3.63, 3.8) is 0 Å². The first-order chi connectivity index (χ1) is 13.2. The topological polar surface area (TPSA) is 61.2 Å². The molecule has 1 atom stereocenters. The lowest BCUT2D eigenvalue weighted by Crippen LogP contribution is -2.40. The molecule has 0 spiro atoms. The zero-order chi connectivity index (χ0) is 18.8. The van der Waals surface area contributed by atoms with Crippen molar-refractivity contribution >= 4 is 40.8 Å². The molecule has 1 unspecified atom stereocenters. The maximum absolute atomic E-state index is 4.50. The first-order valence-corrected chi connectivity index (χ1v) is 9.65. The second-order valence-electron chi connectivity index (χ2n) is 7.41. The highest BCUT2D eigenvalue weighted by molar-refractivity contribution is 14.0. The Hall–Kier alpha value is -2.03. The number of halogens is 1. The van der Waals surface area contributed by atoms with Crippen LogP contribution < -0.4 is 5.32 Å². The van der Waals surface area contributed by atoms with Crippen molar-refractivity contribution in [3.8, 4) is 0 Å². The van der Waals surface area contributed by atoms with E-state index in [1.807, 2.05) is 25.0 Å². The standard InChI is InChI=1S/C21H28N6.HI/c1-15-5-4-6-19-20(15)16(11-24-19)7-9-23-21(22-2)27-10-8-17(14-27)18-12-25-26(3)13-18;/h4-6,11-13,17,24H,7-10,14H2,1-3H3,(H,22,23);1H. The fraction of sp³-hybridized carbons (Fsp3) is 0.429. The van der Waals surface area contributed by atoms with Crippen molar-refractivity contribution in [3.05, 3.63) is 53.5 Å². The molecule has 28 heavy (non-hydrogen) atoms. The molecule has 1 aliphatic rings. The molecule has 0 saturated carbocycles. The molecule has 3 heterocycles. The predicted molar refractivity (Wildman–Crippen MR) is 126 cm³/mol. The molecule has 0 radical (unpaired) electrons. The van der Waals surface area contributed by atoms with Crippen molar-refractivity contribution in [1.82, 2.24) is 25.0 Å². The van der Waals surface area contributed by atoms with Crippen LogP contribution in [-0.2, 0) is 13.5 Å². The number of hydrogen-bond acceptors (Lipinski definition) is 2. The van der Waals surface area contributed by atoms with Crippen LogP contribution in [0, 0.1) is 6.92 Å². The van der Waals surface area contributed by atoms with Gasteiger partial charge in [0.15, 0.2) is 5.96 Å². The number of nitrogens with zero attached hydrogens (tertiary/aromatic N) is 4. The SMILES string of the molecule is CN=C(NCCc1c[nH]c2cccc(C)c12)N1CCC(c2cnn(C)c2)C1.I. The highest BCUT2D eigenvalue weighted by Gasteiger charge is 2.26. The third-order valence-corrected chi connectivity index (χ3v) is 5.57. The first-order valence-electron chi connectivity index (χ1n) is 9.65. The van der Waals surface area contributed by atoms with E-state index >= 15 is 0 Å². The number of benzene rings is 1. The van der Waals surface area contributed by atoms with E-state index in [0.717, 1.165) is 38.4 Å². The summed E-state index contributed by atoms with van der Waals surface area (Å²) in [6, 6.07) is 6.42. The predicted octanol–water partition coefficient (Wildman–Crippen LogP) is 3.44. The average Bonchev–Trinajstić information content (AvgIpc) is 3.39. The summed E-state index contributed by atoms with van der Waals surface area (Å²) in [6.45, 7) is 5.08. The lowest BCUT2D eigenvalue weighted by Gasteiger charge is -2.21. The van der Waals surface area contributed by atoms with Gasteiger partial charge in [0, 0.05) is 62.9 Å². The van der Waals surface area contributed by atoms with Crippen LogP contribution in [0.1, 0.15) is 29.0 Å². The minimum Gasteiger partial charge on any atom is -0.361 e. The van der Waals surface area contributed by atoms with Crippen LogP contribution in [-0.4, -0.2) is 52.3 Å². The van der Waals surface area contributed by atoms with Gasteiger partial charge in [-0.2, -0.15) is 5.10 Å². The number of H-pyrrole nitrogens is 1.